The van der Waals surface area contributed by atoms with Gasteiger partial charge in [-0.05, 0) is 43.1 Å². The molecule has 2 amide bonds. The van der Waals surface area contributed by atoms with Crippen LogP contribution in [0.1, 0.15) is 77.9 Å². The lowest BCUT2D eigenvalue weighted by Crippen LogP contribution is -2.53. The van der Waals surface area contributed by atoms with Gasteiger partial charge in [-0.1, -0.05) is 47.0 Å². The number of carbonyl (C=O) groups excluding carboxylic acids is 2. The van der Waals surface area contributed by atoms with E-state index >= 15 is 0 Å². The van der Waals surface area contributed by atoms with Gasteiger partial charge >= 0.3 is 6.09 Å². The number of carbonyl (C=O) groups is 2. The van der Waals surface area contributed by atoms with Crippen molar-refractivity contribution in [2.75, 3.05) is 6.61 Å². The second-order valence-corrected chi connectivity index (χ2v) is 9.12. The average Bonchev–Trinajstić information content (AvgIpc) is 3.40. The fraction of sp³-hybridized carbons (Fsp3) is 0.773. The Morgan fingerprint density at radius 1 is 1.14 bits per heavy atom. The molecule has 0 aliphatic heterocycles. The number of rotatable bonds is 10. The van der Waals surface area contributed by atoms with Crippen molar-refractivity contribution in [3.8, 4) is 0 Å². The smallest absolute Gasteiger partial charge is 0.407 e. The third-order valence-electron chi connectivity index (χ3n) is 5.66. The van der Waals surface area contributed by atoms with Crippen LogP contribution >= 0.6 is 0 Å². The van der Waals surface area contributed by atoms with Crippen LogP contribution in [0, 0.1) is 17.8 Å². The lowest BCUT2D eigenvalue weighted by atomic mass is 9.90. The minimum atomic E-state index is -1.04. The Kier molecular flexibility index (Phi) is 8.68. The number of alkyl carbamates (subject to hydrolysis) is 1. The normalized spacial score (nSPS) is 18.6. The van der Waals surface area contributed by atoms with E-state index in [0.717, 1.165) is 12.8 Å². The van der Waals surface area contributed by atoms with Gasteiger partial charge in [-0.25, -0.2) is 4.79 Å². The minimum Gasteiger partial charge on any atom is -0.449 e. The molecule has 164 valence electrons. The first-order chi connectivity index (χ1) is 13.7. The average molecular weight is 409 g/mol. The summed E-state index contributed by atoms with van der Waals surface area (Å²) in [4.78, 5) is 36.5. The van der Waals surface area contributed by atoms with Gasteiger partial charge in [-0.15, -0.1) is 0 Å². The fourth-order valence-electron chi connectivity index (χ4n) is 3.84. The maximum Gasteiger partial charge on any atom is 0.407 e. The van der Waals surface area contributed by atoms with E-state index in [1.165, 1.54) is 25.3 Å². The number of hydrogen-bond donors (Lipinski definition) is 3. The van der Waals surface area contributed by atoms with Crippen LogP contribution < -0.4 is 16.1 Å². The van der Waals surface area contributed by atoms with Gasteiger partial charge in [0.25, 0.3) is 0 Å². The molecule has 1 fully saturated rings. The molecule has 0 spiro atoms. The number of ether oxygens (including phenoxy) is 1. The van der Waals surface area contributed by atoms with Crippen molar-refractivity contribution < 1.29 is 19.4 Å². The lowest BCUT2D eigenvalue weighted by molar-refractivity contribution is -0.125. The van der Waals surface area contributed by atoms with Crippen LogP contribution in [0.4, 0.5) is 4.79 Å². The first-order valence-electron chi connectivity index (χ1n) is 10.9. The summed E-state index contributed by atoms with van der Waals surface area (Å²) in [5.41, 5.74) is 0.157. The Balaban J connectivity index is 1.93. The highest BCUT2D eigenvalue weighted by molar-refractivity contribution is 5.85. The first-order valence-corrected chi connectivity index (χ1v) is 10.9. The van der Waals surface area contributed by atoms with E-state index in [0.29, 0.717) is 24.5 Å². The van der Waals surface area contributed by atoms with E-state index in [4.69, 9.17) is 4.74 Å². The molecular formula is C22H36N2O5. The van der Waals surface area contributed by atoms with Gasteiger partial charge in [0.2, 0.25) is 5.91 Å². The molecule has 0 saturated heterocycles. The predicted molar refractivity (Wildman–Crippen MR) is 111 cm³/mol. The molecular weight excluding hydrogens is 372 g/mol. The Labute approximate surface area is 173 Å². The number of aliphatic hydroxyl groups is 1. The van der Waals surface area contributed by atoms with Crippen molar-refractivity contribution >= 4 is 12.0 Å². The highest BCUT2D eigenvalue weighted by Gasteiger charge is 2.33. The molecule has 1 saturated carbocycles. The van der Waals surface area contributed by atoms with E-state index in [-0.39, 0.29) is 23.2 Å². The Hall–Kier alpha value is -1.89. The van der Waals surface area contributed by atoms with Gasteiger partial charge in [0.1, 0.15) is 12.1 Å². The molecule has 1 aliphatic carbocycles. The molecule has 0 aromatic heterocycles. The lowest BCUT2D eigenvalue weighted by Gasteiger charge is -2.29. The molecule has 3 N–H and O–H groups in total. The summed E-state index contributed by atoms with van der Waals surface area (Å²) in [6.45, 7) is 8.05. The second-order valence-electron chi connectivity index (χ2n) is 9.12. The standard InChI is InChI=1S/C22H36N2O5/c1-13(2)10-17(23-22(28)29-12-15-8-6-5-7-9-15)21(27)24-19(14(3)4)20(26)16-11-18(16)25/h11,13-15,17,19-20,26H,5-10,12H2,1-4H3,(H,23,28)(H,24,27)/t17-,19-,20?/m0/s1. The van der Waals surface area contributed by atoms with Crippen molar-refractivity contribution in [2.24, 2.45) is 17.8 Å². The predicted octanol–water partition coefficient (Wildman–Crippen LogP) is 2.82. The zero-order chi connectivity index (χ0) is 21.6. The van der Waals surface area contributed by atoms with E-state index < -0.39 is 24.3 Å². The van der Waals surface area contributed by atoms with E-state index in [1.807, 2.05) is 27.7 Å². The zero-order valence-electron chi connectivity index (χ0n) is 18.1. The van der Waals surface area contributed by atoms with Crippen LogP contribution in [0.5, 0.6) is 0 Å². The summed E-state index contributed by atoms with van der Waals surface area (Å²) >= 11 is 0. The van der Waals surface area contributed by atoms with Gasteiger partial charge in [0, 0.05) is 5.56 Å². The Morgan fingerprint density at radius 3 is 2.28 bits per heavy atom. The van der Waals surface area contributed by atoms with Gasteiger partial charge in [-0.3, -0.25) is 9.59 Å². The maximum absolute atomic E-state index is 12.9. The van der Waals surface area contributed by atoms with Crippen molar-refractivity contribution in [3.05, 3.63) is 21.9 Å². The summed E-state index contributed by atoms with van der Waals surface area (Å²) in [6.07, 6.45) is 4.56. The molecule has 2 rings (SSSR count). The molecule has 3 atom stereocenters. The van der Waals surface area contributed by atoms with Gasteiger partial charge < -0.3 is 20.5 Å². The van der Waals surface area contributed by atoms with Crippen molar-refractivity contribution in [3.63, 3.8) is 0 Å². The van der Waals surface area contributed by atoms with Crippen LogP contribution in [0.15, 0.2) is 10.9 Å². The van der Waals surface area contributed by atoms with Crippen LogP contribution in [0.3, 0.4) is 0 Å². The number of aliphatic hydroxyl groups excluding tert-OH is 1. The first kappa shape index (κ1) is 23.4. The minimum absolute atomic E-state index is 0.0822. The third-order valence-corrected chi connectivity index (χ3v) is 5.66. The largest absolute Gasteiger partial charge is 0.449 e. The molecule has 1 aromatic rings. The monoisotopic (exact) mass is 408 g/mol. The maximum atomic E-state index is 12.9. The van der Waals surface area contributed by atoms with Crippen molar-refractivity contribution in [1.82, 2.24) is 10.6 Å². The zero-order valence-corrected chi connectivity index (χ0v) is 18.1. The van der Waals surface area contributed by atoms with Gasteiger partial charge in [0.05, 0.1) is 12.6 Å². The molecule has 1 aromatic carbocycles. The van der Waals surface area contributed by atoms with E-state index in [1.54, 1.807) is 0 Å². The highest BCUT2D eigenvalue weighted by atomic mass is 16.5. The Bertz CT molecular complexity index is 671. The molecule has 0 heterocycles. The summed E-state index contributed by atoms with van der Waals surface area (Å²) in [6, 6.07) is 0.0136. The van der Waals surface area contributed by atoms with Gasteiger partial charge in [-0.2, -0.15) is 0 Å². The highest BCUT2D eigenvalue weighted by Crippen LogP contribution is 2.24. The molecule has 1 unspecified atom stereocenters. The fourth-order valence-corrected chi connectivity index (χ4v) is 3.84. The number of amides is 2. The molecule has 0 bridgehead atoms. The van der Waals surface area contributed by atoms with Crippen molar-refractivity contribution in [2.45, 2.75) is 84.4 Å². The third kappa shape index (κ3) is 7.46. The van der Waals surface area contributed by atoms with Crippen molar-refractivity contribution in [1.29, 1.82) is 0 Å². The SMILES string of the molecule is CC(C)C[C@H](NC(=O)OCC1CCCCC1)C(=O)N[C@@H](C(C)C)C(O)c1cc1=O. The summed E-state index contributed by atoms with van der Waals surface area (Å²) in [5, 5.41) is 15.9. The quantitative estimate of drug-likeness (QED) is 0.552. The Morgan fingerprint density at radius 2 is 1.76 bits per heavy atom. The summed E-state index contributed by atoms with van der Waals surface area (Å²) in [7, 11) is 0. The van der Waals surface area contributed by atoms with Crippen LogP contribution in [0.2, 0.25) is 0 Å². The molecule has 1 aliphatic rings. The summed E-state index contributed by atoms with van der Waals surface area (Å²) in [5.74, 6) is 0.122. The van der Waals surface area contributed by atoms with Crippen LogP contribution in [0.25, 0.3) is 0 Å². The summed E-state index contributed by atoms with van der Waals surface area (Å²) < 4.78 is 5.37. The van der Waals surface area contributed by atoms with Gasteiger partial charge in [0.15, 0.2) is 5.43 Å². The van der Waals surface area contributed by atoms with E-state index in [9.17, 15) is 19.5 Å². The second kappa shape index (κ2) is 10.8. The van der Waals surface area contributed by atoms with Crippen LogP contribution in [-0.4, -0.2) is 35.8 Å². The molecule has 0 radical (unpaired) electrons. The number of hydrogen-bond acceptors (Lipinski definition) is 5. The molecule has 29 heavy (non-hydrogen) atoms. The number of nitrogens with one attached hydrogen (secondary N) is 2. The van der Waals surface area contributed by atoms with E-state index in [2.05, 4.69) is 10.6 Å². The molecule has 7 heteroatoms. The molecule has 7 nitrogen and oxygen atoms in total. The van der Waals surface area contributed by atoms with Crippen LogP contribution in [-0.2, 0) is 9.53 Å². The topological polar surface area (TPSA) is 105 Å².